The first-order valence-corrected chi connectivity index (χ1v) is 7.17. The average molecular weight is 316 g/mol. The van der Waals surface area contributed by atoms with Gasteiger partial charge in [-0.25, -0.2) is 4.39 Å². The van der Waals surface area contributed by atoms with Crippen molar-refractivity contribution in [3.63, 3.8) is 0 Å². The first-order chi connectivity index (χ1) is 8.66. The Kier molecular flexibility index (Phi) is 4.83. The van der Waals surface area contributed by atoms with Crippen molar-refractivity contribution in [3.05, 3.63) is 22.4 Å². The molecule has 0 aliphatic carbocycles. The number of rotatable bonds is 4. The van der Waals surface area contributed by atoms with Crippen LogP contribution in [0.25, 0.3) is 0 Å². The van der Waals surface area contributed by atoms with E-state index in [1.807, 2.05) is 0 Å². The Balaban J connectivity index is 1.84. The zero-order valence-electron chi connectivity index (χ0n) is 10.4. The number of nitrogens with zero attached hydrogens (tertiary/aromatic N) is 1. The Bertz CT molecular complexity index is 405. The fraction of sp³-hybridized carbons (Fsp3) is 0.538. The van der Waals surface area contributed by atoms with Crippen molar-refractivity contribution < 1.29 is 4.39 Å². The van der Waals surface area contributed by atoms with Gasteiger partial charge in [0.25, 0.3) is 0 Å². The SMILES string of the molecule is Nc1cc(Br)c(F)cc1NCCN1CCCCC1. The third-order valence-corrected chi connectivity index (χ3v) is 3.89. The number of halogens is 2. The molecule has 3 nitrogen and oxygen atoms in total. The van der Waals surface area contributed by atoms with Crippen molar-refractivity contribution in [1.29, 1.82) is 0 Å². The van der Waals surface area contributed by atoms with Crippen LogP contribution in [-0.4, -0.2) is 31.1 Å². The maximum atomic E-state index is 13.4. The van der Waals surface area contributed by atoms with Crippen LogP contribution < -0.4 is 11.1 Å². The summed E-state index contributed by atoms with van der Waals surface area (Å²) in [7, 11) is 0. The molecule has 0 atom stereocenters. The van der Waals surface area contributed by atoms with Gasteiger partial charge in [-0.05, 0) is 47.9 Å². The zero-order chi connectivity index (χ0) is 13.0. The Morgan fingerprint density at radius 1 is 1.28 bits per heavy atom. The summed E-state index contributed by atoms with van der Waals surface area (Å²) in [6.07, 6.45) is 3.92. The van der Waals surface area contributed by atoms with Crippen molar-refractivity contribution in [3.8, 4) is 0 Å². The van der Waals surface area contributed by atoms with E-state index in [4.69, 9.17) is 5.73 Å². The molecule has 100 valence electrons. The van der Waals surface area contributed by atoms with Crippen molar-refractivity contribution in [1.82, 2.24) is 4.90 Å². The van der Waals surface area contributed by atoms with Gasteiger partial charge in [-0.1, -0.05) is 6.42 Å². The molecule has 0 spiro atoms. The molecule has 0 radical (unpaired) electrons. The monoisotopic (exact) mass is 315 g/mol. The van der Waals surface area contributed by atoms with Gasteiger partial charge in [0.15, 0.2) is 0 Å². The second kappa shape index (κ2) is 6.38. The number of nitrogens with two attached hydrogens (primary N) is 1. The molecule has 1 heterocycles. The van der Waals surface area contributed by atoms with Gasteiger partial charge in [0.2, 0.25) is 0 Å². The summed E-state index contributed by atoms with van der Waals surface area (Å²) in [6, 6.07) is 3.04. The van der Waals surface area contributed by atoms with Crippen LogP contribution in [0.15, 0.2) is 16.6 Å². The normalized spacial score (nSPS) is 16.8. The predicted octanol–water partition coefficient (Wildman–Crippen LogP) is 3.07. The molecule has 1 aliphatic rings. The van der Waals surface area contributed by atoms with Crippen LogP contribution >= 0.6 is 15.9 Å². The summed E-state index contributed by atoms with van der Waals surface area (Å²) in [6.45, 7) is 4.13. The molecule has 1 saturated heterocycles. The number of nitrogens with one attached hydrogen (secondary N) is 1. The van der Waals surface area contributed by atoms with Crippen LogP contribution in [0.4, 0.5) is 15.8 Å². The predicted molar refractivity (Wildman–Crippen MR) is 77.3 cm³/mol. The standard InChI is InChI=1S/C13H19BrFN3/c14-10-8-12(16)13(9-11(10)15)17-4-7-18-5-2-1-3-6-18/h8-9,17H,1-7,16H2. The van der Waals surface area contributed by atoms with Gasteiger partial charge in [-0.3, -0.25) is 0 Å². The van der Waals surface area contributed by atoms with E-state index in [2.05, 4.69) is 26.1 Å². The van der Waals surface area contributed by atoms with E-state index in [0.717, 1.165) is 13.1 Å². The molecular formula is C13H19BrFN3. The minimum Gasteiger partial charge on any atom is -0.397 e. The minimum atomic E-state index is -0.287. The number of hydrogen-bond donors (Lipinski definition) is 2. The summed E-state index contributed by atoms with van der Waals surface area (Å²) < 4.78 is 13.8. The summed E-state index contributed by atoms with van der Waals surface area (Å²) in [5, 5.41) is 3.20. The smallest absolute Gasteiger partial charge is 0.139 e. The van der Waals surface area contributed by atoms with Crippen LogP contribution in [0.3, 0.4) is 0 Å². The molecule has 0 unspecified atom stereocenters. The van der Waals surface area contributed by atoms with Crippen LogP contribution in [0.2, 0.25) is 0 Å². The molecule has 1 aromatic carbocycles. The average Bonchev–Trinajstić information content (AvgIpc) is 2.37. The molecule has 3 N–H and O–H groups in total. The lowest BCUT2D eigenvalue weighted by atomic mass is 10.1. The van der Waals surface area contributed by atoms with Gasteiger partial charge in [0.1, 0.15) is 5.82 Å². The number of nitrogen functional groups attached to an aromatic ring is 1. The van der Waals surface area contributed by atoms with E-state index in [1.165, 1.54) is 38.4 Å². The van der Waals surface area contributed by atoms with E-state index < -0.39 is 0 Å². The fourth-order valence-corrected chi connectivity index (χ4v) is 2.61. The van der Waals surface area contributed by atoms with Crippen LogP contribution in [-0.2, 0) is 0 Å². The third-order valence-electron chi connectivity index (χ3n) is 3.28. The largest absolute Gasteiger partial charge is 0.397 e. The molecule has 1 fully saturated rings. The molecule has 0 saturated carbocycles. The molecule has 5 heteroatoms. The minimum absolute atomic E-state index is 0.287. The Hall–Kier alpha value is -0.810. The van der Waals surface area contributed by atoms with Gasteiger partial charge in [0, 0.05) is 19.2 Å². The highest BCUT2D eigenvalue weighted by Crippen LogP contribution is 2.26. The van der Waals surface area contributed by atoms with Crippen molar-refractivity contribution in [2.75, 3.05) is 37.2 Å². The summed E-state index contributed by atoms with van der Waals surface area (Å²) in [4.78, 5) is 2.43. The molecule has 0 bridgehead atoms. The third kappa shape index (κ3) is 3.59. The topological polar surface area (TPSA) is 41.3 Å². The van der Waals surface area contributed by atoms with E-state index in [9.17, 15) is 4.39 Å². The van der Waals surface area contributed by atoms with E-state index in [0.29, 0.717) is 15.8 Å². The first-order valence-electron chi connectivity index (χ1n) is 6.37. The van der Waals surface area contributed by atoms with E-state index >= 15 is 0 Å². The van der Waals surface area contributed by atoms with E-state index in [1.54, 1.807) is 6.07 Å². The molecule has 0 aromatic heterocycles. The second-order valence-corrected chi connectivity index (χ2v) is 5.54. The van der Waals surface area contributed by atoms with Crippen molar-refractivity contribution in [2.45, 2.75) is 19.3 Å². The molecule has 1 aliphatic heterocycles. The second-order valence-electron chi connectivity index (χ2n) is 4.68. The highest BCUT2D eigenvalue weighted by molar-refractivity contribution is 9.10. The van der Waals surface area contributed by atoms with Gasteiger partial charge in [0.05, 0.1) is 15.8 Å². The Morgan fingerprint density at radius 3 is 2.72 bits per heavy atom. The molecular weight excluding hydrogens is 297 g/mol. The molecule has 18 heavy (non-hydrogen) atoms. The van der Waals surface area contributed by atoms with Gasteiger partial charge >= 0.3 is 0 Å². The van der Waals surface area contributed by atoms with Crippen molar-refractivity contribution >= 4 is 27.3 Å². The molecule has 0 amide bonds. The number of benzene rings is 1. The molecule has 2 rings (SSSR count). The van der Waals surface area contributed by atoms with Gasteiger partial charge < -0.3 is 16.0 Å². The first kappa shape index (κ1) is 13.6. The summed E-state index contributed by atoms with van der Waals surface area (Å²) in [5.74, 6) is -0.287. The Morgan fingerprint density at radius 2 is 2.00 bits per heavy atom. The number of hydrogen-bond acceptors (Lipinski definition) is 3. The van der Waals surface area contributed by atoms with Crippen LogP contribution in [0, 0.1) is 5.82 Å². The summed E-state index contributed by atoms with van der Waals surface area (Å²) >= 11 is 3.12. The highest BCUT2D eigenvalue weighted by Gasteiger charge is 2.10. The van der Waals surface area contributed by atoms with Gasteiger partial charge in [-0.15, -0.1) is 0 Å². The number of likely N-dealkylation sites (tertiary alicyclic amines) is 1. The van der Waals surface area contributed by atoms with Crippen LogP contribution in [0.5, 0.6) is 0 Å². The van der Waals surface area contributed by atoms with Gasteiger partial charge in [-0.2, -0.15) is 0 Å². The molecule has 1 aromatic rings. The fourth-order valence-electron chi connectivity index (χ4n) is 2.25. The van der Waals surface area contributed by atoms with Crippen molar-refractivity contribution in [2.24, 2.45) is 0 Å². The van der Waals surface area contributed by atoms with Crippen LogP contribution in [0.1, 0.15) is 19.3 Å². The maximum absolute atomic E-state index is 13.4. The highest BCUT2D eigenvalue weighted by atomic mass is 79.9. The number of anilines is 2. The lowest BCUT2D eigenvalue weighted by Crippen LogP contribution is -2.33. The summed E-state index contributed by atoms with van der Waals surface area (Å²) in [5.41, 5.74) is 7.08. The number of piperidine rings is 1. The maximum Gasteiger partial charge on any atom is 0.139 e. The lowest BCUT2D eigenvalue weighted by molar-refractivity contribution is 0.237. The van der Waals surface area contributed by atoms with E-state index in [-0.39, 0.29) is 5.82 Å². The lowest BCUT2D eigenvalue weighted by Gasteiger charge is -2.26. The quantitative estimate of drug-likeness (QED) is 0.839. The zero-order valence-corrected chi connectivity index (χ0v) is 12.0. The Labute approximate surface area is 116 Å².